The summed E-state index contributed by atoms with van der Waals surface area (Å²) >= 11 is 1.49. The van der Waals surface area contributed by atoms with Gasteiger partial charge in [0.1, 0.15) is 10.0 Å². The first-order valence-corrected chi connectivity index (χ1v) is 7.34. The lowest BCUT2D eigenvalue weighted by molar-refractivity contribution is -0.384. The summed E-state index contributed by atoms with van der Waals surface area (Å²) in [6.45, 7) is 0.911. The molecule has 0 bridgehead atoms. The van der Waals surface area contributed by atoms with Crippen LogP contribution in [0, 0.1) is 10.1 Å². The van der Waals surface area contributed by atoms with E-state index < -0.39 is 4.92 Å². The van der Waals surface area contributed by atoms with Crippen molar-refractivity contribution in [3.63, 3.8) is 0 Å². The Morgan fingerprint density at radius 3 is 3.00 bits per heavy atom. The van der Waals surface area contributed by atoms with Gasteiger partial charge in [0, 0.05) is 36.7 Å². The average molecular weight is 290 g/mol. The Balaban J connectivity index is 1.68. The highest BCUT2D eigenvalue weighted by atomic mass is 32.1. The summed E-state index contributed by atoms with van der Waals surface area (Å²) in [5.74, 6) is 0. The number of aromatic nitrogens is 2. The van der Waals surface area contributed by atoms with E-state index in [4.69, 9.17) is 0 Å². The first kappa shape index (κ1) is 13.1. The number of rotatable bonds is 6. The first-order chi connectivity index (χ1) is 9.72. The molecule has 0 saturated heterocycles. The van der Waals surface area contributed by atoms with Crippen molar-refractivity contribution in [2.24, 2.45) is 0 Å². The van der Waals surface area contributed by atoms with Crippen LogP contribution < -0.4 is 5.32 Å². The van der Waals surface area contributed by atoms with Crippen molar-refractivity contribution < 1.29 is 4.92 Å². The number of nitrogens with zero attached hydrogens (tertiary/aromatic N) is 3. The largest absolute Gasteiger partial charge is 0.314 e. The van der Waals surface area contributed by atoms with Crippen LogP contribution in [0.25, 0.3) is 10.6 Å². The van der Waals surface area contributed by atoms with Gasteiger partial charge in [-0.1, -0.05) is 23.5 Å². The van der Waals surface area contributed by atoms with Gasteiger partial charge in [0.05, 0.1) is 4.92 Å². The van der Waals surface area contributed by atoms with Crippen LogP contribution in [0.1, 0.15) is 17.8 Å². The van der Waals surface area contributed by atoms with E-state index in [0.717, 1.165) is 28.5 Å². The van der Waals surface area contributed by atoms with E-state index in [0.29, 0.717) is 6.04 Å². The molecule has 1 aliphatic carbocycles. The van der Waals surface area contributed by atoms with Crippen LogP contribution in [-0.2, 0) is 6.42 Å². The minimum atomic E-state index is -0.398. The van der Waals surface area contributed by atoms with Crippen molar-refractivity contribution in [1.29, 1.82) is 0 Å². The van der Waals surface area contributed by atoms with Gasteiger partial charge in [-0.2, -0.15) is 0 Å². The van der Waals surface area contributed by atoms with E-state index in [1.54, 1.807) is 6.07 Å². The Morgan fingerprint density at radius 2 is 2.25 bits per heavy atom. The standard InChI is InChI=1S/C13H14N4O2S/c18-17(19)11-3-1-2-9(8-11)13-16-15-12(20-13)6-7-14-10-4-5-10/h1-3,8,10,14H,4-7H2. The highest BCUT2D eigenvalue weighted by Gasteiger charge is 2.20. The number of non-ortho nitro benzene ring substituents is 1. The van der Waals surface area contributed by atoms with E-state index in [2.05, 4.69) is 15.5 Å². The van der Waals surface area contributed by atoms with Crippen LogP contribution in [0.3, 0.4) is 0 Å². The zero-order valence-corrected chi connectivity index (χ0v) is 11.6. The molecule has 3 rings (SSSR count). The molecular formula is C13H14N4O2S. The maximum atomic E-state index is 10.8. The normalized spacial score (nSPS) is 14.4. The predicted molar refractivity (Wildman–Crippen MR) is 76.7 cm³/mol. The lowest BCUT2D eigenvalue weighted by Gasteiger charge is -1.98. The fraction of sp³-hybridized carbons (Fsp3) is 0.385. The molecule has 0 radical (unpaired) electrons. The fourth-order valence-electron chi connectivity index (χ4n) is 1.89. The van der Waals surface area contributed by atoms with Crippen LogP contribution in [0.2, 0.25) is 0 Å². The summed E-state index contributed by atoms with van der Waals surface area (Å²) in [6, 6.07) is 7.19. The summed E-state index contributed by atoms with van der Waals surface area (Å²) in [4.78, 5) is 10.4. The predicted octanol–water partition coefficient (Wildman–Crippen LogP) is 2.41. The van der Waals surface area contributed by atoms with E-state index in [1.165, 1.54) is 36.3 Å². The van der Waals surface area contributed by atoms with Crippen LogP contribution in [-0.4, -0.2) is 27.7 Å². The van der Waals surface area contributed by atoms with Crippen molar-refractivity contribution in [2.45, 2.75) is 25.3 Å². The molecule has 7 heteroatoms. The first-order valence-electron chi connectivity index (χ1n) is 6.53. The van der Waals surface area contributed by atoms with Gasteiger partial charge >= 0.3 is 0 Å². The maximum Gasteiger partial charge on any atom is 0.270 e. The number of nitrogens with one attached hydrogen (secondary N) is 1. The van der Waals surface area contributed by atoms with Crippen LogP contribution in [0.15, 0.2) is 24.3 Å². The SMILES string of the molecule is O=[N+]([O-])c1cccc(-c2nnc(CCNC3CC3)s2)c1. The van der Waals surface area contributed by atoms with Gasteiger partial charge in [0.15, 0.2) is 0 Å². The fourth-order valence-corrected chi connectivity index (χ4v) is 2.73. The Morgan fingerprint density at radius 1 is 1.40 bits per heavy atom. The Kier molecular flexibility index (Phi) is 3.70. The molecule has 1 N–H and O–H groups in total. The van der Waals surface area contributed by atoms with Gasteiger partial charge in [-0.05, 0) is 12.8 Å². The van der Waals surface area contributed by atoms with E-state index in [1.807, 2.05) is 6.07 Å². The van der Waals surface area contributed by atoms with E-state index in [-0.39, 0.29) is 5.69 Å². The third-order valence-electron chi connectivity index (χ3n) is 3.12. The van der Waals surface area contributed by atoms with Crippen molar-refractivity contribution in [3.8, 4) is 10.6 Å². The van der Waals surface area contributed by atoms with Gasteiger partial charge in [0.2, 0.25) is 0 Å². The van der Waals surface area contributed by atoms with Gasteiger partial charge in [-0.25, -0.2) is 0 Å². The summed E-state index contributed by atoms with van der Waals surface area (Å²) in [5, 5.41) is 24.1. The molecule has 1 aromatic carbocycles. The second kappa shape index (κ2) is 5.64. The molecule has 1 aromatic heterocycles. The van der Waals surface area contributed by atoms with Gasteiger partial charge in [-0.3, -0.25) is 10.1 Å². The molecule has 104 valence electrons. The highest BCUT2D eigenvalue weighted by molar-refractivity contribution is 7.14. The Hall–Kier alpha value is -1.86. The summed E-state index contributed by atoms with van der Waals surface area (Å²) in [5.41, 5.74) is 0.827. The van der Waals surface area contributed by atoms with Crippen molar-refractivity contribution in [3.05, 3.63) is 39.4 Å². The lowest BCUT2D eigenvalue weighted by Crippen LogP contribution is -2.19. The average Bonchev–Trinajstić information content (AvgIpc) is 3.15. The molecule has 1 fully saturated rings. The molecule has 0 unspecified atom stereocenters. The summed E-state index contributed by atoms with van der Waals surface area (Å²) in [6.07, 6.45) is 3.40. The number of nitro benzene ring substituents is 1. The number of nitro groups is 1. The molecule has 0 spiro atoms. The molecule has 0 atom stereocenters. The molecule has 1 heterocycles. The molecular weight excluding hydrogens is 276 g/mol. The van der Waals surface area contributed by atoms with Crippen molar-refractivity contribution in [2.75, 3.05) is 6.54 Å². The minimum Gasteiger partial charge on any atom is -0.314 e. The molecule has 0 aliphatic heterocycles. The monoisotopic (exact) mass is 290 g/mol. The molecule has 20 heavy (non-hydrogen) atoms. The molecule has 1 saturated carbocycles. The third-order valence-corrected chi connectivity index (χ3v) is 4.15. The summed E-state index contributed by atoms with van der Waals surface area (Å²) < 4.78 is 0. The topological polar surface area (TPSA) is 81.0 Å². The second-order valence-corrected chi connectivity index (χ2v) is 5.85. The molecule has 1 aliphatic rings. The lowest BCUT2D eigenvalue weighted by atomic mass is 10.2. The van der Waals surface area contributed by atoms with Crippen LogP contribution in [0.5, 0.6) is 0 Å². The summed E-state index contributed by atoms with van der Waals surface area (Å²) in [7, 11) is 0. The zero-order valence-electron chi connectivity index (χ0n) is 10.8. The number of hydrogen-bond donors (Lipinski definition) is 1. The van der Waals surface area contributed by atoms with Gasteiger partial charge in [-0.15, -0.1) is 10.2 Å². The minimum absolute atomic E-state index is 0.0784. The number of benzene rings is 1. The maximum absolute atomic E-state index is 10.8. The van der Waals surface area contributed by atoms with Crippen molar-refractivity contribution in [1.82, 2.24) is 15.5 Å². The Labute approximate surface area is 120 Å². The van der Waals surface area contributed by atoms with Crippen molar-refractivity contribution >= 4 is 17.0 Å². The van der Waals surface area contributed by atoms with Crippen LogP contribution in [0.4, 0.5) is 5.69 Å². The molecule has 6 nitrogen and oxygen atoms in total. The Bertz CT molecular complexity index is 624. The van der Waals surface area contributed by atoms with Gasteiger partial charge < -0.3 is 5.32 Å². The highest BCUT2D eigenvalue weighted by Crippen LogP contribution is 2.26. The molecule has 0 amide bonds. The number of hydrogen-bond acceptors (Lipinski definition) is 6. The molecule has 2 aromatic rings. The smallest absolute Gasteiger partial charge is 0.270 e. The van der Waals surface area contributed by atoms with Gasteiger partial charge in [0.25, 0.3) is 5.69 Å². The zero-order chi connectivity index (χ0) is 13.9. The van der Waals surface area contributed by atoms with Crippen LogP contribution >= 0.6 is 11.3 Å². The second-order valence-electron chi connectivity index (χ2n) is 4.79. The van der Waals surface area contributed by atoms with E-state index in [9.17, 15) is 10.1 Å². The quantitative estimate of drug-likeness (QED) is 0.652. The third kappa shape index (κ3) is 3.17. The van der Waals surface area contributed by atoms with E-state index >= 15 is 0 Å².